The second-order valence-electron chi connectivity index (χ2n) is 5.74. The fourth-order valence-corrected chi connectivity index (χ4v) is 2.11. The molecule has 0 radical (unpaired) electrons. The summed E-state index contributed by atoms with van der Waals surface area (Å²) in [6, 6.07) is 7.77. The van der Waals surface area contributed by atoms with Gasteiger partial charge in [-0.15, -0.1) is 0 Å². The summed E-state index contributed by atoms with van der Waals surface area (Å²) in [6.45, 7) is 3.90. The molecule has 20 heavy (non-hydrogen) atoms. The number of carbonyl (C=O) groups is 1. The van der Waals surface area contributed by atoms with Crippen LogP contribution in [-0.2, 0) is 4.79 Å². The minimum Gasteiger partial charge on any atom is -0.399 e. The van der Waals surface area contributed by atoms with Gasteiger partial charge in [0.2, 0.25) is 5.91 Å². The van der Waals surface area contributed by atoms with Crippen LogP contribution < -0.4 is 5.73 Å². The molecule has 0 saturated heterocycles. The maximum absolute atomic E-state index is 12.2. The van der Waals surface area contributed by atoms with Gasteiger partial charge in [0.15, 0.2) is 0 Å². The summed E-state index contributed by atoms with van der Waals surface area (Å²) < 4.78 is 0. The van der Waals surface area contributed by atoms with Crippen molar-refractivity contribution < 1.29 is 4.79 Å². The van der Waals surface area contributed by atoms with E-state index in [4.69, 9.17) is 5.73 Å². The average Bonchev–Trinajstić information content (AvgIpc) is 2.38. The van der Waals surface area contributed by atoms with E-state index in [2.05, 4.69) is 11.8 Å². The van der Waals surface area contributed by atoms with Crippen LogP contribution in [0.5, 0.6) is 0 Å². The SMILES string of the molecule is CC(CC(=O)N(C)CCCN(C)C)c1ccc(N)cc1. The summed E-state index contributed by atoms with van der Waals surface area (Å²) in [4.78, 5) is 16.1. The Balaban J connectivity index is 2.42. The average molecular weight is 277 g/mol. The third kappa shape index (κ3) is 5.61. The lowest BCUT2D eigenvalue weighted by Crippen LogP contribution is -2.30. The Morgan fingerprint density at radius 1 is 1.15 bits per heavy atom. The first-order valence-electron chi connectivity index (χ1n) is 7.14. The molecule has 112 valence electrons. The first-order chi connectivity index (χ1) is 9.40. The highest BCUT2D eigenvalue weighted by Crippen LogP contribution is 2.20. The second-order valence-corrected chi connectivity index (χ2v) is 5.74. The summed E-state index contributed by atoms with van der Waals surface area (Å²) in [5, 5.41) is 0. The molecule has 0 heterocycles. The zero-order valence-corrected chi connectivity index (χ0v) is 13.1. The van der Waals surface area contributed by atoms with Crippen LogP contribution in [0, 0.1) is 0 Å². The molecule has 0 spiro atoms. The molecule has 1 rings (SSSR count). The molecule has 0 fully saturated rings. The van der Waals surface area contributed by atoms with E-state index >= 15 is 0 Å². The highest BCUT2D eigenvalue weighted by atomic mass is 16.2. The number of amides is 1. The van der Waals surface area contributed by atoms with E-state index < -0.39 is 0 Å². The summed E-state index contributed by atoms with van der Waals surface area (Å²) in [6.07, 6.45) is 1.55. The molecule has 4 nitrogen and oxygen atoms in total. The van der Waals surface area contributed by atoms with Crippen LogP contribution in [0.1, 0.15) is 31.2 Å². The van der Waals surface area contributed by atoms with Crippen LogP contribution in [-0.4, -0.2) is 49.9 Å². The third-order valence-electron chi connectivity index (χ3n) is 3.51. The van der Waals surface area contributed by atoms with Crippen LogP contribution in [0.4, 0.5) is 5.69 Å². The van der Waals surface area contributed by atoms with Crippen molar-refractivity contribution in [2.75, 3.05) is 40.0 Å². The van der Waals surface area contributed by atoms with Crippen molar-refractivity contribution >= 4 is 11.6 Å². The van der Waals surface area contributed by atoms with Crippen LogP contribution in [0.25, 0.3) is 0 Å². The quantitative estimate of drug-likeness (QED) is 0.777. The molecule has 0 aliphatic rings. The largest absolute Gasteiger partial charge is 0.399 e. The van der Waals surface area contributed by atoms with Gasteiger partial charge in [0.05, 0.1) is 0 Å². The number of benzene rings is 1. The normalized spacial score (nSPS) is 12.4. The van der Waals surface area contributed by atoms with Gasteiger partial charge in [-0.2, -0.15) is 0 Å². The standard InChI is InChI=1S/C16H27N3O/c1-13(14-6-8-15(17)9-7-14)12-16(20)19(4)11-5-10-18(2)3/h6-9,13H,5,10-12,17H2,1-4H3. The fraction of sp³-hybridized carbons (Fsp3) is 0.562. The molecule has 0 bridgehead atoms. The second kappa shape index (κ2) is 7.90. The van der Waals surface area contributed by atoms with Gasteiger partial charge < -0.3 is 15.5 Å². The summed E-state index contributed by atoms with van der Waals surface area (Å²) in [5.74, 6) is 0.424. The van der Waals surface area contributed by atoms with Crippen molar-refractivity contribution in [3.05, 3.63) is 29.8 Å². The molecule has 1 aromatic rings. The topological polar surface area (TPSA) is 49.6 Å². The van der Waals surface area contributed by atoms with Crippen molar-refractivity contribution in [3.8, 4) is 0 Å². The van der Waals surface area contributed by atoms with Gasteiger partial charge in [-0.25, -0.2) is 0 Å². The molecule has 4 heteroatoms. The lowest BCUT2D eigenvalue weighted by atomic mass is 9.97. The molecule has 1 amide bonds. The van der Waals surface area contributed by atoms with E-state index in [9.17, 15) is 4.79 Å². The first kappa shape index (κ1) is 16.5. The van der Waals surface area contributed by atoms with E-state index in [1.54, 1.807) is 0 Å². The van der Waals surface area contributed by atoms with Crippen molar-refractivity contribution in [2.45, 2.75) is 25.7 Å². The Morgan fingerprint density at radius 3 is 2.30 bits per heavy atom. The number of hydrogen-bond acceptors (Lipinski definition) is 3. The highest BCUT2D eigenvalue weighted by Gasteiger charge is 2.14. The fourth-order valence-electron chi connectivity index (χ4n) is 2.11. The van der Waals surface area contributed by atoms with E-state index in [0.29, 0.717) is 6.42 Å². The number of nitrogens with zero attached hydrogens (tertiary/aromatic N) is 2. The predicted molar refractivity (Wildman–Crippen MR) is 84.7 cm³/mol. The summed E-state index contributed by atoms with van der Waals surface area (Å²) in [5.41, 5.74) is 7.60. The maximum atomic E-state index is 12.2. The number of nitrogen functional groups attached to an aromatic ring is 1. The van der Waals surface area contributed by atoms with Crippen LogP contribution in [0.3, 0.4) is 0 Å². The maximum Gasteiger partial charge on any atom is 0.222 e. The molecule has 0 saturated carbocycles. The van der Waals surface area contributed by atoms with E-state index in [1.807, 2.05) is 50.3 Å². The molecule has 1 aromatic carbocycles. The van der Waals surface area contributed by atoms with E-state index in [0.717, 1.165) is 30.8 Å². The minimum absolute atomic E-state index is 0.202. The van der Waals surface area contributed by atoms with Crippen LogP contribution >= 0.6 is 0 Å². The molecule has 0 aliphatic heterocycles. The Hall–Kier alpha value is -1.55. The monoisotopic (exact) mass is 277 g/mol. The van der Waals surface area contributed by atoms with Crippen molar-refractivity contribution in [1.82, 2.24) is 9.80 Å². The third-order valence-corrected chi connectivity index (χ3v) is 3.51. The molecule has 2 N–H and O–H groups in total. The van der Waals surface area contributed by atoms with Gasteiger partial charge in [0.1, 0.15) is 0 Å². The van der Waals surface area contributed by atoms with Crippen LogP contribution in [0.2, 0.25) is 0 Å². The Morgan fingerprint density at radius 2 is 1.75 bits per heavy atom. The van der Waals surface area contributed by atoms with E-state index in [1.165, 1.54) is 0 Å². The lowest BCUT2D eigenvalue weighted by molar-refractivity contribution is -0.130. The van der Waals surface area contributed by atoms with Crippen molar-refractivity contribution in [1.29, 1.82) is 0 Å². The Bertz CT molecular complexity index is 414. The number of rotatable bonds is 7. The zero-order valence-electron chi connectivity index (χ0n) is 13.1. The van der Waals surface area contributed by atoms with Crippen molar-refractivity contribution in [3.63, 3.8) is 0 Å². The number of nitrogens with two attached hydrogens (primary N) is 1. The number of hydrogen-bond donors (Lipinski definition) is 1. The summed E-state index contributed by atoms with van der Waals surface area (Å²) >= 11 is 0. The number of carbonyl (C=O) groups excluding carboxylic acids is 1. The molecular weight excluding hydrogens is 250 g/mol. The molecule has 1 atom stereocenters. The van der Waals surface area contributed by atoms with Gasteiger partial charge >= 0.3 is 0 Å². The smallest absolute Gasteiger partial charge is 0.222 e. The van der Waals surface area contributed by atoms with Gasteiger partial charge in [0, 0.05) is 25.7 Å². The summed E-state index contributed by atoms with van der Waals surface area (Å²) in [7, 11) is 5.98. The van der Waals surface area contributed by atoms with Gasteiger partial charge in [-0.05, 0) is 50.7 Å². The van der Waals surface area contributed by atoms with Crippen LogP contribution in [0.15, 0.2) is 24.3 Å². The minimum atomic E-state index is 0.202. The van der Waals surface area contributed by atoms with Gasteiger partial charge in [-0.3, -0.25) is 4.79 Å². The zero-order chi connectivity index (χ0) is 15.1. The molecule has 0 aromatic heterocycles. The lowest BCUT2D eigenvalue weighted by Gasteiger charge is -2.21. The molecule has 1 unspecified atom stereocenters. The molecule has 0 aliphatic carbocycles. The Labute approximate surface area is 122 Å². The predicted octanol–water partition coefficient (Wildman–Crippen LogP) is 2.17. The first-order valence-corrected chi connectivity index (χ1v) is 7.14. The van der Waals surface area contributed by atoms with E-state index in [-0.39, 0.29) is 11.8 Å². The highest BCUT2D eigenvalue weighted by molar-refractivity contribution is 5.76. The van der Waals surface area contributed by atoms with Gasteiger partial charge in [0.25, 0.3) is 0 Å². The van der Waals surface area contributed by atoms with Crippen molar-refractivity contribution in [2.24, 2.45) is 0 Å². The molecular formula is C16H27N3O. The number of anilines is 1. The van der Waals surface area contributed by atoms with Gasteiger partial charge in [-0.1, -0.05) is 19.1 Å². The Kier molecular flexibility index (Phi) is 6.52.